The maximum atomic E-state index is 15.0. The standard InChI is InChI=1S/C34H31F3N10O3/c1-4-49-23-14-44(3)34(48)29-11-22(15-46(29)32-25-13-41-47(33(25)39-17-38-32)28-6-5-20(35)9-26(28)37)50-30-7-19(12-40-43-30)24-8-21(36)10-27-31(24)45(16-23)18(2)42-27/h5-10,12-13,17,22-23,29H,4,11,14-16H2,1-3H3/t22-,23+,29-/m0/s1. The Morgan fingerprint density at radius 1 is 1.02 bits per heavy atom. The molecule has 6 aromatic rings. The van der Waals surface area contributed by atoms with Gasteiger partial charge >= 0.3 is 0 Å². The predicted molar refractivity (Wildman–Crippen MR) is 175 cm³/mol. The van der Waals surface area contributed by atoms with Crippen molar-refractivity contribution in [2.75, 3.05) is 31.6 Å². The number of amides is 1. The van der Waals surface area contributed by atoms with Gasteiger partial charge in [0.25, 0.3) is 0 Å². The molecule has 1 fully saturated rings. The second-order valence-corrected chi connectivity index (χ2v) is 12.4. The highest BCUT2D eigenvalue weighted by molar-refractivity contribution is 5.94. The van der Waals surface area contributed by atoms with E-state index in [1.165, 1.54) is 35.4 Å². The number of anilines is 1. The van der Waals surface area contributed by atoms with Crippen LogP contribution in [-0.4, -0.2) is 95.3 Å². The number of likely N-dealkylation sites (N-methyl/N-ethyl adjacent to an activating group) is 1. The van der Waals surface area contributed by atoms with Gasteiger partial charge in [0.05, 0.1) is 48.0 Å². The van der Waals surface area contributed by atoms with Gasteiger partial charge in [-0.05, 0) is 32.0 Å². The predicted octanol–water partition coefficient (Wildman–Crippen LogP) is 4.25. The van der Waals surface area contributed by atoms with E-state index in [2.05, 4.69) is 30.2 Å². The molecule has 50 heavy (non-hydrogen) atoms. The molecule has 1 saturated heterocycles. The second-order valence-electron chi connectivity index (χ2n) is 12.4. The molecule has 0 radical (unpaired) electrons. The van der Waals surface area contributed by atoms with Crippen molar-refractivity contribution in [1.29, 1.82) is 0 Å². The fourth-order valence-corrected chi connectivity index (χ4v) is 7.01. The number of carbonyl (C=O) groups is 1. The first kappa shape index (κ1) is 31.6. The highest BCUT2D eigenvalue weighted by atomic mass is 19.1. The van der Waals surface area contributed by atoms with Crippen molar-refractivity contribution in [3.05, 3.63) is 78.4 Å². The van der Waals surface area contributed by atoms with Gasteiger partial charge in [0.15, 0.2) is 11.5 Å². The van der Waals surface area contributed by atoms with Gasteiger partial charge in [-0.25, -0.2) is 32.8 Å². The lowest BCUT2D eigenvalue weighted by atomic mass is 10.1. The Hall–Kier alpha value is -5.64. The van der Waals surface area contributed by atoms with E-state index in [-0.39, 0.29) is 42.6 Å². The van der Waals surface area contributed by atoms with E-state index in [0.29, 0.717) is 52.3 Å². The number of imidazole rings is 1. The summed E-state index contributed by atoms with van der Waals surface area (Å²) >= 11 is 0. The molecule has 256 valence electrons. The van der Waals surface area contributed by atoms with Crippen molar-refractivity contribution in [1.82, 2.24) is 44.4 Å². The number of rotatable bonds is 4. The molecule has 2 aromatic carbocycles. The molecule has 0 N–H and O–H groups in total. The average Bonchev–Trinajstić information content (AvgIpc) is 3.79. The summed E-state index contributed by atoms with van der Waals surface area (Å²) in [6.45, 7) is 4.95. The number of ether oxygens (including phenoxy) is 2. The molecule has 2 aliphatic rings. The Bertz CT molecular complexity index is 2280. The zero-order valence-electron chi connectivity index (χ0n) is 27.3. The Kier molecular flexibility index (Phi) is 7.81. The third-order valence-electron chi connectivity index (χ3n) is 9.17. The largest absolute Gasteiger partial charge is 0.471 e. The molecule has 13 nitrogen and oxygen atoms in total. The summed E-state index contributed by atoms with van der Waals surface area (Å²) in [5.74, 6) is -0.923. The van der Waals surface area contributed by atoms with Gasteiger partial charge in [0.1, 0.15) is 47.4 Å². The minimum absolute atomic E-state index is 0.00904. The smallest absolute Gasteiger partial charge is 0.245 e. The van der Waals surface area contributed by atoms with Gasteiger partial charge in [0, 0.05) is 55.9 Å². The van der Waals surface area contributed by atoms with E-state index in [1.807, 2.05) is 23.3 Å². The molecule has 4 aromatic heterocycles. The SMILES string of the molecule is CCO[C@@H]1CN(C)C(=O)[C@@H]2C[C@@H](CN2c2ncnc3c2cnn3-c2ccc(F)cc2F)Oc2cc(cnn2)-c2cc(F)cc3nc(C)n(c23)C1. The van der Waals surface area contributed by atoms with Crippen LogP contribution >= 0.6 is 0 Å². The number of fused-ring (bicyclic) bond motifs is 6. The monoisotopic (exact) mass is 684 g/mol. The van der Waals surface area contributed by atoms with E-state index in [0.717, 1.165) is 12.1 Å². The van der Waals surface area contributed by atoms with Crippen LogP contribution in [0, 0.1) is 24.4 Å². The maximum absolute atomic E-state index is 15.0. The summed E-state index contributed by atoms with van der Waals surface area (Å²) in [6, 6.07) is 6.99. The Labute approximate surface area is 283 Å². The van der Waals surface area contributed by atoms with Gasteiger partial charge in [-0.3, -0.25) is 4.79 Å². The lowest BCUT2D eigenvalue weighted by molar-refractivity contribution is -0.133. The van der Waals surface area contributed by atoms with Crippen LogP contribution < -0.4 is 9.64 Å². The number of nitrogens with zero attached hydrogens (tertiary/aromatic N) is 10. The lowest BCUT2D eigenvalue weighted by Crippen LogP contribution is -2.47. The van der Waals surface area contributed by atoms with E-state index < -0.39 is 35.7 Å². The molecule has 0 saturated carbocycles. The van der Waals surface area contributed by atoms with Gasteiger partial charge in [-0.15, -0.1) is 5.10 Å². The summed E-state index contributed by atoms with van der Waals surface area (Å²) in [4.78, 5) is 31.4. The first-order valence-corrected chi connectivity index (χ1v) is 16.1. The van der Waals surface area contributed by atoms with Crippen molar-refractivity contribution in [2.45, 2.75) is 45.1 Å². The summed E-state index contributed by atoms with van der Waals surface area (Å²) in [5.41, 5.74) is 2.62. The Morgan fingerprint density at radius 3 is 2.70 bits per heavy atom. The number of hydrogen-bond acceptors (Lipinski definition) is 10. The van der Waals surface area contributed by atoms with Gasteiger partial charge in [-0.2, -0.15) is 10.2 Å². The number of carbonyl (C=O) groups excluding carboxylic acids is 1. The number of halogens is 3. The summed E-state index contributed by atoms with van der Waals surface area (Å²) < 4.78 is 59.2. The fourth-order valence-electron chi connectivity index (χ4n) is 7.01. The minimum atomic E-state index is -0.809. The third-order valence-corrected chi connectivity index (χ3v) is 9.17. The number of aryl methyl sites for hydroxylation is 1. The van der Waals surface area contributed by atoms with Crippen LogP contribution in [0.4, 0.5) is 19.0 Å². The molecule has 4 bridgehead atoms. The molecule has 6 heterocycles. The summed E-state index contributed by atoms with van der Waals surface area (Å²) in [5, 5.41) is 13.2. The zero-order chi connectivity index (χ0) is 34.7. The van der Waals surface area contributed by atoms with Crippen molar-refractivity contribution >= 4 is 33.8 Å². The van der Waals surface area contributed by atoms with E-state index in [1.54, 1.807) is 24.2 Å². The minimum Gasteiger partial charge on any atom is -0.471 e. The van der Waals surface area contributed by atoms with Gasteiger partial charge in [-0.1, -0.05) is 0 Å². The highest BCUT2D eigenvalue weighted by Crippen LogP contribution is 2.35. The van der Waals surface area contributed by atoms with Crippen LogP contribution in [0.15, 0.2) is 55.1 Å². The van der Waals surface area contributed by atoms with Gasteiger partial charge in [0.2, 0.25) is 11.8 Å². The maximum Gasteiger partial charge on any atom is 0.245 e. The normalized spacial score (nSPS) is 19.6. The fraction of sp³-hybridized carbons (Fsp3) is 0.324. The quantitative estimate of drug-likeness (QED) is 0.266. The van der Waals surface area contributed by atoms with Crippen LogP contribution in [-0.2, 0) is 16.1 Å². The van der Waals surface area contributed by atoms with Crippen molar-refractivity contribution in [2.24, 2.45) is 0 Å². The summed E-state index contributed by atoms with van der Waals surface area (Å²) in [7, 11) is 1.72. The summed E-state index contributed by atoms with van der Waals surface area (Å²) in [6.07, 6.45) is 3.65. The molecule has 0 unspecified atom stereocenters. The van der Waals surface area contributed by atoms with E-state index in [4.69, 9.17) is 9.47 Å². The van der Waals surface area contributed by atoms with Crippen molar-refractivity contribution < 1.29 is 27.4 Å². The topological polar surface area (TPSA) is 129 Å². The van der Waals surface area contributed by atoms with Gasteiger partial charge < -0.3 is 23.8 Å². The molecule has 0 aliphatic carbocycles. The first-order valence-electron chi connectivity index (χ1n) is 16.1. The van der Waals surface area contributed by atoms with Crippen LogP contribution in [0.1, 0.15) is 19.2 Å². The van der Waals surface area contributed by atoms with Crippen LogP contribution in [0.25, 0.3) is 38.9 Å². The van der Waals surface area contributed by atoms with E-state index in [9.17, 15) is 18.0 Å². The Morgan fingerprint density at radius 2 is 1.88 bits per heavy atom. The molecular weight excluding hydrogens is 653 g/mol. The molecule has 16 heteroatoms. The molecular formula is C34H31F3N10O3. The molecule has 0 spiro atoms. The number of aromatic nitrogens is 8. The second kappa shape index (κ2) is 12.4. The van der Waals surface area contributed by atoms with E-state index >= 15 is 0 Å². The number of hydrogen-bond donors (Lipinski definition) is 0. The first-order chi connectivity index (χ1) is 24.2. The average molecular weight is 685 g/mol. The zero-order valence-corrected chi connectivity index (χ0v) is 27.3. The van der Waals surface area contributed by atoms with Crippen molar-refractivity contribution in [3.63, 3.8) is 0 Å². The molecule has 1 amide bonds. The molecule has 8 rings (SSSR count). The molecule has 3 atom stereocenters. The Balaban J connectivity index is 1.23. The van der Waals surface area contributed by atoms with Crippen LogP contribution in [0.2, 0.25) is 0 Å². The van der Waals surface area contributed by atoms with Crippen LogP contribution in [0.3, 0.4) is 0 Å². The highest BCUT2D eigenvalue weighted by Gasteiger charge is 2.42. The third kappa shape index (κ3) is 5.45. The van der Waals surface area contributed by atoms with Crippen molar-refractivity contribution in [3.8, 4) is 22.7 Å². The molecule has 2 aliphatic heterocycles. The lowest BCUT2D eigenvalue weighted by Gasteiger charge is -2.31. The number of benzene rings is 2. The van der Waals surface area contributed by atoms with Crippen LogP contribution in [0.5, 0.6) is 5.88 Å².